The number of hydrogen-bond donors (Lipinski definition) is 0. The molecule has 2 nitrogen and oxygen atoms in total. The summed E-state index contributed by atoms with van der Waals surface area (Å²) >= 11 is 3.18. The van der Waals surface area contributed by atoms with Crippen LogP contribution >= 0.6 is 22.7 Å². The summed E-state index contributed by atoms with van der Waals surface area (Å²) in [6, 6.07) is 3.77. The Bertz CT molecular complexity index is 297. The molecule has 0 aliphatic rings. The fraction of sp³-hybridized carbons (Fsp3) is 0. The highest BCUT2D eigenvalue weighted by Crippen LogP contribution is 2.16. The lowest BCUT2D eigenvalue weighted by Gasteiger charge is -2.01. The molecule has 1 radical (unpaired) electrons. The Kier molecular flexibility index (Phi) is 2.89. The molecule has 0 saturated heterocycles. The molecule has 0 aliphatic heterocycles. The van der Waals surface area contributed by atoms with Gasteiger partial charge in [0.1, 0.15) is 11.5 Å². The molecule has 65 valence electrons. The van der Waals surface area contributed by atoms with Crippen molar-refractivity contribution in [1.29, 1.82) is 0 Å². The van der Waals surface area contributed by atoms with Crippen molar-refractivity contribution in [2.45, 2.75) is 0 Å². The van der Waals surface area contributed by atoms with E-state index in [1.165, 1.54) is 7.69 Å². The lowest BCUT2D eigenvalue weighted by atomic mass is 10.3. The van der Waals surface area contributed by atoms with Crippen LogP contribution in [-0.2, 0) is 0 Å². The van der Waals surface area contributed by atoms with Crippen molar-refractivity contribution >= 4 is 30.4 Å². The molecule has 2 aromatic rings. The fourth-order valence-corrected chi connectivity index (χ4v) is 1.89. The molecular weight excluding hydrogens is 203 g/mol. The van der Waals surface area contributed by atoms with Crippen LogP contribution in [-0.4, -0.2) is 7.69 Å². The Labute approximate surface area is 85.1 Å². The Morgan fingerprint density at radius 2 is 1.46 bits per heavy atom. The van der Waals surface area contributed by atoms with Crippen LogP contribution < -0.4 is 9.31 Å². The molecule has 0 fully saturated rings. The summed E-state index contributed by atoms with van der Waals surface area (Å²) in [5, 5.41) is 7.72. The predicted octanol–water partition coefficient (Wildman–Crippen LogP) is 2.80. The zero-order valence-corrected chi connectivity index (χ0v) is 8.31. The van der Waals surface area contributed by atoms with Crippen molar-refractivity contribution in [3.8, 4) is 11.5 Å². The smallest absolute Gasteiger partial charge is 0.526 e. The van der Waals surface area contributed by atoms with Crippen LogP contribution in [0, 0.1) is 0 Å². The minimum Gasteiger partial charge on any atom is -0.526 e. The number of hydrogen-bond acceptors (Lipinski definition) is 4. The van der Waals surface area contributed by atoms with Crippen LogP contribution in [0.3, 0.4) is 0 Å². The van der Waals surface area contributed by atoms with Crippen molar-refractivity contribution < 1.29 is 9.31 Å². The van der Waals surface area contributed by atoms with Crippen molar-refractivity contribution in [1.82, 2.24) is 0 Å². The van der Waals surface area contributed by atoms with Gasteiger partial charge in [-0.05, 0) is 22.9 Å². The van der Waals surface area contributed by atoms with Gasteiger partial charge in [0.25, 0.3) is 0 Å². The SMILES string of the molecule is [B](Oc1ccsc1)Oc1ccsc1. The van der Waals surface area contributed by atoms with Gasteiger partial charge in [-0.3, -0.25) is 0 Å². The number of rotatable bonds is 4. The van der Waals surface area contributed by atoms with E-state index >= 15 is 0 Å². The van der Waals surface area contributed by atoms with Crippen LogP contribution in [0.4, 0.5) is 0 Å². The van der Waals surface area contributed by atoms with Crippen molar-refractivity contribution in [3.63, 3.8) is 0 Å². The van der Waals surface area contributed by atoms with Crippen LogP contribution in [0.2, 0.25) is 0 Å². The first-order valence-corrected chi connectivity index (χ1v) is 5.53. The normalized spacial score (nSPS) is 9.54. The molecule has 2 rings (SSSR count). The summed E-state index contributed by atoms with van der Waals surface area (Å²) in [6.45, 7) is 0. The van der Waals surface area contributed by atoms with Gasteiger partial charge in [-0.15, -0.1) is 22.7 Å². The molecule has 0 amide bonds. The Morgan fingerprint density at radius 3 is 1.85 bits per heavy atom. The van der Waals surface area contributed by atoms with E-state index in [2.05, 4.69) is 0 Å². The molecule has 0 aromatic carbocycles. The van der Waals surface area contributed by atoms with Crippen LogP contribution in [0.25, 0.3) is 0 Å². The standard InChI is InChI=1S/C8H6BO2S2/c1-3-12-5-7(1)10-9-11-8-2-4-13-6-8/h1-6H. The summed E-state index contributed by atoms with van der Waals surface area (Å²) in [7, 11) is 1.34. The first-order valence-electron chi connectivity index (χ1n) is 3.64. The Morgan fingerprint density at radius 1 is 0.923 bits per heavy atom. The molecule has 2 heterocycles. The third kappa shape index (κ3) is 2.50. The van der Waals surface area contributed by atoms with Gasteiger partial charge in [0.2, 0.25) is 0 Å². The quantitative estimate of drug-likeness (QED) is 0.720. The molecule has 5 heteroatoms. The molecule has 0 aliphatic carbocycles. The molecule has 0 atom stereocenters. The zero-order chi connectivity index (χ0) is 8.93. The lowest BCUT2D eigenvalue weighted by molar-refractivity contribution is 0.461. The molecule has 0 spiro atoms. The second-order valence-electron chi connectivity index (χ2n) is 2.25. The fourth-order valence-electron chi connectivity index (χ4n) is 0.773. The van der Waals surface area contributed by atoms with E-state index in [1.807, 2.05) is 33.7 Å². The summed E-state index contributed by atoms with van der Waals surface area (Å²) < 4.78 is 10.4. The highest BCUT2D eigenvalue weighted by atomic mass is 32.1. The summed E-state index contributed by atoms with van der Waals surface area (Å²) in [4.78, 5) is 0. The predicted molar refractivity (Wildman–Crippen MR) is 55.6 cm³/mol. The van der Waals surface area contributed by atoms with Gasteiger partial charge in [0, 0.05) is 10.8 Å². The van der Waals surface area contributed by atoms with E-state index in [0.717, 1.165) is 11.5 Å². The molecule has 0 bridgehead atoms. The highest BCUT2D eigenvalue weighted by Gasteiger charge is 2.01. The van der Waals surface area contributed by atoms with E-state index in [-0.39, 0.29) is 0 Å². The maximum Gasteiger partial charge on any atom is 0.658 e. The van der Waals surface area contributed by atoms with Gasteiger partial charge in [-0.2, -0.15) is 0 Å². The van der Waals surface area contributed by atoms with Crippen LogP contribution in [0.5, 0.6) is 11.5 Å². The van der Waals surface area contributed by atoms with Crippen LogP contribution in [0.1, 0.15) is 0 Å². The second kappa shape index (κ2) is 4.34. The van der Waals surface area contributed by atoms with E-state index in [9.17, 15) is 0 Å². The van der Waals surface area contributed by atoms with Crippen molar-refractivity contribution in [3.05, 3.63) is 33.7 Å². The van der Waals surface area contributed by atoms with E-state index < -0.39 is 0 Å². The number of thiophene rings is 2. The summed E-state index contributed by atoms with van der Waals surface area (Å²) in [6.07, 6.45) is 0. The minimum atomic E-state index is 0.806. The van der Waals surface area contributed by atoms with Gasteiger partial charge in [-0.25, -0.2) is 0 Å². The maximum absolute atomic E-state index is 5.19. The van der Waals surface area contributed by atoms with Crippen molar-refractivity contribution in [2.24, 2.45) is 0 Å². The second-order valence-corrected chi connectivity index (χ2v) is 3.81. The summed E-state index contributed by atoms with van der Waals surface area (Å²) in [5.74, 6) is 1.61. The molecule has 2 aromatic heterocycles. The third-order valence-electron chi connectivity index (χ3n) is 1.36. The van der Waals surface area contributed by atoms with Gasteiger partial charge < -0.3 is 9.31 Å². The molecule has 0 N–H and O–H groups in total. The Hall–Kier alpha value is -0.935. The maximum atomic E-state index is 5.19. The first kappa shape index (κ1) is 8.65. The molecule has 13 heavy (non-hydrogen) atoms. The molecule has 0 saturated carbocycles. The highest BCUT2D eigenvalue weighted by molar-refractivity contribution is 7.08. The summed E-state index contributed by atoms with van der Waals surface area (Å²) in [5.41, 5.74) is 0. The third-order valence-corrected chi connectivity index (χ3v) is 2.68. The van der Waals surface area contributed by atoms with E-state index in [0.29, 0.717) is 0 Å². The van der Waals surface area contributed by atoms with Gasteiger partial charge >= 0.3 is 7.69 Å². The first-order chi connectivity index (χ1) is 6.45. The zero-order valence-electron chi connectivity index (χ0n) is 6.67. The minimum absolute atomic E-state index is 0.806. The van der Waals surface area contributed by atoms with Gasteiger partial charge in [0.15, 0.2) is 0 Å². The van der Waals surface area contributed by atoms with E-state index in [1.54, 1.807) is 22.7 Å². The van der Waals surface area contributed by atoms with Gasteiger partial charge in [0.05, 0.1) is 0 Å². The van der Waals surface area contributed by atoms with Crippen molar-refractivity contribution in [2.75, 3.05) is 0 Å². The average Bonchev–Trinajstić information content (AvgIpc) is 2.75. The largest absolute Gasteiger partial charge is 0.658 e. The van der Waals surface area contributed by atoms with Gasteiger partial charge in [-0.1, -0.05) is 0 Å². The molecule has 0 unspecified atom stereocenters. The van der Waals surface area contributed by atoms with Crippen LogP contribution in [0.15, 0.2) is 33.7 Å². The monoisotopic (exact) mass is 209 g/mol. The van der Waals surface area contributed by atoms with E-state index in [4.69, 9.17) is 9.31 Å². The Balaban J connectivity index is 1.76. The topological polar surface area (TPSA) is 18.5 Å². The molecular formula is C8H6BO2S2. The average molecular weight is 209 g/mol. The lowest BCUT2D eigenvalue weighted by Crippen LogP contribution is -2.09.